The molecule has 0 radical (unpaired) electrons. The van der Waals surface area contributed by atoms with Gasteiger partial charge in [0, 0.05) is 0 Å². The third-order valence-electron chi connectivity index (χ3n) is 0.913. The SMILES string of the molecule is CCC(Cl)[C@H](C)O. The van der Waals surface area contributed by atoms with Crippen LogP contribution in [0.2, 0.25) is 0 Å². The van der Waals surface area contributed by atoms with Gasteiger partial charge in [-0.1, -0.05) is 6.92 Å². The van der Waals surface area contributed by atoms with Crippen LogP contribution in [-0.4, -0.2) is 16.6 Å². The summed E-state index contributed by atoms with van der Waals surface area (Å²) in [7, 11) is 0. The summed E-state index contributed by atoms with van der Waals surface area (Å²) >= 11 is 5.55. The largest absolute Gasteiger partial charge is 0.392 e. The van der Waals surface area contributed by atoms with Crippen LogP contribution >= 0.6 is 11.6 Å². The van der Waals surface area contributed by atoms with Gasteiger partial charge in [0.25, 0.3) is 0 Å². The summed E-state index contributed by atoms with van der Waals surface area (Å²) in [6, 6.07) is 0. The van der Waals surface area contributed by atoms with Gasteiger partial charge in [-0.15, -0.1) is 11.6 Å². The minimum absolute atomic E-state index is 0.0694. The maximum atomic E-state index is 8.69. The second kappa shape index (κ2) is 3.28. The van der Waals surface area contributed by atoms with Crippen LogP contribution in [0, 0.1) is 0 Å². The van der Waals surface area contributed by atoms with E-state index in [-0.39, 0.29) is 11.5 Å². The fourth-order valence-corrected chi connectivity index (χ4v) is 0.341. The highest BCUT2D eigenvalue weighted by Gasteiger charge is 2.05. The van der Waals surface area contributed by atoms with Crippen molar-refractivity contribution >= 4 is 11.6 Å². The second-order valence-corrected chi connectivity index (χ2v) is 2.23. The zero-order valence-corrected chi connectivity index (χ0v) is 5.44. The van der Waals surface area contributed by atoms with Crippen molar-refractivity contribution in [1.82, 2.24) is 0 Å². The molecule has 1 unspecified atom stereocenters. The maximum absolute atomic E-state index is 8.69. The lowest BCUT2D eigenvalue weighted by atomic mass is 10.2. The van der Waals surface area contributed by atoms with E-state index in [1.54, 1.807) is 6.92 Å². The molecule has 1 nitrogen and oxygen atoms in total. The van der Waals surface area contributed by atoms with Crippen molar-refractivity contribution in [2.45, 2.75) is 31.7 Å². The van der Waals surface area contributed by atoms with E-state index < -0.39 is 0 Å². The molecule has 0 spiro atoms. The average molecular weight is 123 g/mol. The minimum atomic E-state index is -0.369. The first-order valence-electron chi connectivity index (χ1n) is 2.50. The van der Waals surface area contributed by atoms with E-state index in [9.17, 15) is 0 Å². The summed E-state index contributed by atoms with van der Waals surface area (Å²) < 4.78 is 0. The number of hydrogen-bond acceptors (Lipinski definition) is 1. The lowest BCUT2D eigenvalue weighted by Crippen LogP contribution is -2.14. The Bertz CT molecular complexity index is 45.3. The molecule has 0 saturated heterocycles. The molecule has 0 bridgehead atoms. The Hall–Kier alpha value is 0.250. The van der Waals surface area contributed by atoms with E-state index in [4.69, 9.17) is 16.7 Å². The highest BCUT2D eigenvalue weighted by Crippen LogP contribution is 2.04. The Kier molecular flexibility index (Phi) is 3.39. The normalized spacial score (nSPS) is 18.9. The molecular formula is C5H11ClO. The fourth-order valence-electron chi connectivity index (χ4n) is 0.341. The van der Waals surface area contributed by atoms with Crippen LogP contribution in [-0.2, 0) is 0 Å². The Balaban J connectivity index is 3.14. The van der Waals surface area contributed by atoms with Gasteiger partial charge in [-0.2, -0.15) is 0 Å². The number of rotatable bonds is 2. The van der Waals surface area contributed by atoms with E-state index in [2.05, 4.69) is 0 Å². The molecule has 0 saturated carbocycles. The number of halogens is 1. The van der Waals surface area contributed by atoms with Crippen LogP contribution in [0.5, 0.6) is 0 Å². The van der Waals surface area contributed by atoms with Crippen molar-refractivity contribution in [1.29, 1.82) is 0 Å². The second-order valence-electron chi connectivity index (χ2n) is 1.66. The molecular weight excluding hydrogens is 112 g/mol. The molecule has 1 N–H and O–H groups in total. The van der Waals surface area contributed by atoms with Gasteiger partial charge < -0.3 is 5.11 Å². The summed E-state index contributed by atoms with van der Waals surface area (Å²) in [4.78, 5) is 0. The zero-order valence-electron chi connectivity index (χ0n) is 4.69. The van der Waals surface area contributed by atoms with E-state index in [1.807, 2.05) is 6.92 Å². The van der Waals surface area contributed by atoms with Crippen molar-refractivity contribution in [2.24, 2.45) is 0 Å². The van der Waals surface area contributed by atoms with Crippen LogP contribution in [0.4, 0.5) is 0 Å². The summed E-state index contributed by atoms with van der Waals surface area (Å²) in [6.07, 6.45) is 0.464. The topological polar surface area (TPSA) is 20.2 Å². The molecule has 0 aliphatic heterocycles. The molecule has 0 aromatic carbocycles. The predicted molar refractivity (Wildman–Crippen MR) is 31.6 cm³/mol. The van der Waals surface area contributed by atoms with Crippen molar-refractivity contribution in [3.63, 3.8) is 0 Å². The molecule has 2 heteroatoms. The summed E-state index contributed by atoms with van der Waals surface area (Å²) in [5.74, 6) is 0. The standard InChI is InChI=1S/C5H11ClO/c1-3-5(6)4(2)7/h4-5,7H,3H2,1-2H3/t4-,5?/m0/s1. The fraction of sp³-hybridized carbons (Fsp3) is 1.00. The van der Waals surface area contributed by atoms with Crippen LogP contribution < -0.4 is 0 Å². The minimum Gasteiger partial charge on any atom is -0.392 e. The van der Waals surface area contributed by atoms with Crippen LogP contribution in [0.15, 0.2) is 0 Å². The lowest BCUT2D eigenvalue weighted by molar-refractivity contribution is 0.187. The Morgan fingerprint density at radius 1 is 1.71 bits per heavy atom. The molecule has 0 aromatic rings. The van der Waals surface area contributed by atoms with Crippen LogP contribution in [0.25, 0.3) is 0 Å². The number of hydrogen-bond donors (Lipinski definition) is 1. The van der Waals surface area contributed by atoms with E-state index >= 15 is 0 Å². The van der Waals surface area contributed by atoms with Gasteiger partial charge in [-0.25, -0.2) is 0 Å². The Labute approximate surface area is 49.3 Å². The average Bonchev–Trinajstić information content (AvgIpc) is 1.65. The third-order valence-corrected chi connectivity index (χ3v) is 1.59. The molecule has 7 heavy (non-hydrogen) atoms. The summed E-state index contributed by atoms with van der Waals surface area (Å²) in [5, 5.41) is 8.62. The van der Waals surface area contributed by atoms with Gasteiger partial charge in [0.2, 0.25) is 0 Å². The predicted octanol–water partition coefficient (Wildman–Crippen LogP) is 1.38. The third kappa shape index (κ3) is 2.89. The van der Waals surface area contributed by atoms with E-state index in [0.29, 0.717) is 0 Å². The summed E-state index contributed by atoms with van der Waals surface area (Å²) in [5.41, 5.74) is 0. The van der Waals surface area contributed by atoms with Crippen molar-refractivity contribution in [3.8, 4) is 0 Å². The van der Waals surface area contributed by atoms with E-state index in [1.165, 1.54) is 0 Å². The number of alkyl halides is 1. The molecule has 0 heterocycles. The van der Waals surface area contributed by atoms with Gasteiger partial charge in [0.05, 0.1) is 11.5 Å². The molecule has 0 rings (SSSR count). The molecule has 0 fully saturated rings. The molecule has 0 aromatic heterocycles. The van der Waals surface area contributed by atoms with E-state index in [0.717, 1.165) is 6.42 Å². The Morgan fingerprint density at radius 2 is 2.14 bits per heavy atom. The van der Waals surface area contributed by atoms with Crippen molar-refractivity contribution < 1.29 is 5.11 Å². The summed E-state index contributed by atoms with van der Waals surface area (Å²) in [6.45, 7) is 3.64. The lowest BCUT2D eigenvalue weighted by Gasteiger charge is -2.07. The zero-order chi connectivity index (χ0) is 5.86. The van der Waals surface area contributed by atoms with Crippen molar-refractivity contribution in [2.75, 3.05) is 0 Å². The molecule has 0 amide bonds. The number of aliphatic hydroxyl groups excluding tert-OH is 1. The highest BCUT2D eigenvalue weighted by molar-refractivity contribution is 6.20. The molecule has 0 aliphatic rings. The smallest absolute Gasteiger partial charge is 0.0675 e. The highest BCUT2D eigenvalue weighted by atomic mass is 35.5. The van der Waals surface area contributed by atoms with Gasteiger partial charge in [-0.05, 0) is 13.3 Å². The van der Waals surface area contributed by atoms with Gasteiger partial charge in [-0.3, -0.25) is 0 Å². The van der Waals surface area contributed by atoms with Crippen molar-refractivity contribution in [3.05, 3.63) is 0 Å². The molecule has 44 valence electrons. The van der Waals surface area contributed by atoms with Gasteiger partial charge >= 0.3 is 0 Å². The Morgan fingerprint density at radius 3 is 2.14 bits per heavy atom. The first-order valence-corrected chi connectivity index (χ1v) is 2.94. The van der Waals surface area contributed by atoms with Crippen LogP contribution in [0.1, 0.15) is 20.3 Å². The molecule has 0 aliphatic carbocycles. The number of aliphatic hydroxyl groups is 1. The van der Waals surface area contributed by atoms with Gasteiger partial charge in [0.15, 0.2) is 0 Å². The first-order chi connectivity index (χ1) is 3.18. The van der Waals surface area contributed by atoms with Gasteiger partial charge in [0.1, 0.15) is 0 Å². The van der Waals surface area contributed by atoms with Crippen LogP contribution in [0.3, 0.4) is 0 Å². The first kappa shape index (κ1) is 7.25. The maximum Gasteiger partial charge on any atom is 0.0675 e. The molecule has 2 atom stereocenters. The quantitative estimate of drug-likeness (QED) is 0.549. The monoisotopic (exact) mass is 122 g/mol.